The van der Waals surface area contributed by atoms with Crippen molar-refractivity contribution in [3.63, 3.8) is 0 Å². The summed E-state index contributed by atoms with van der Waals surface area (Å²) in [5.74, 6) is -0.463. The van der Waals surface area contributed by atoms with E-state index in [-0.39, 0.29) is 5.69 Å². The zero-order chi connectivity index (χ0) is 16.8. The summed E-state index contributed by atoms with van der Waals surface area (Å²) in [6.45, 7) is 3.04. The number of hydrogen-bond acceptors (Lipinski definition) is 6. The zero-order valence-electron chi connectivity index (χ0n) is 12.6. The molecule has 2 aromatic rings. The molecule has 0 fully saturated rings. The van der Waals surface area contributed by atoms with Crippen molar-refractivity contribution in [1.29, 1.82) is 0 Å². The number of non-ortho nitro benzene ring substituents is 1. The number of nitro benzene ring substituents is 1. The highest BCUT2D eigenvalue weighted by Gasteiger charge is 2.05. The van der Waals surface area contributed by atoms with Crippen molar-refractivity contribution in [2.75, 3.05) is 0 Å². The first-order valence-corrected chi connectivity index (χ1v) is 7.52. The fourth-order valence-electron chi connectivity index (χ4n) is 1.72. The van der Waals surface area contributed by atoms with Crippen LogP contribution in [-0.4, -0.2) is 16.6 Å². The lowest BCUT2D eigenvalue weighted by molar-refractivity contribution is -0.384. The van der Waals surface area contributed by atoms with E-state index in [1.807, 2.05) is 24.3 Å². The Morgan fingerprint density at radius 3 is 2.04 bits per heavy atom. The lowest BCUT2D eigenvalue weighted by atomic mass is 10.1. The summed E-state index contributed by atoms with van der Waals surface area (Å²) in [4.78, 5) is 27.4. The van der Waals surface area contributed by atoms with Crippen LogP contribution in [-0.2, 0) is 9.63 Å². The molecule has 23 heavy (non-hydrogen) atoms. The largest absolute Gasteiger partial charge is 0.331 e. The van der Waals surface area contributed by atoms with E-state index in [1.54, 1.807) is 19.1 Å². The molecule has 2 aromatic carbocycles. The number of oxime groups is 1. The average Bonchev–Trinajstić information content (AvgIpc) is 2.54. The minimum Gasteiger partial charge on any atom is -0.318 e. The molecule has 118 valence electrons. The second-order valence-electron chi connectivity index (χ2n) is 4.64. The Morgan fingerprint density at radius 1 is 1.04 bits per heavy atom. The Bertz CT molecular complexity index is 740. The zero-order valence-corrected chi connectivity index (χ0v) is 13.4. The van der Waals surface area contributed by atoms with Gasteiger partial charge in [-0.2, -0.15) is 0 Å². The van der Waals surface area contributed by atoms with E-state index in [1.165, 1.54) is 30.8 Å². The van der Waals surface area contributed by atoms with E-state index in [0.29, 0.717) is 5.71 Å². The molecule has 0 atom stereocenters. The molecule has 0 amide bonds. The Labute approximate surface area is 137 Å². The predicted octanol–water partition coefficient (Wildman–Crippen LogP) is 4.03. The first-order chi connectivity index (χ1) is 11.0. The molecule has 0 aliphatic rings. The molecule has 0 N–H and O–H groups in total. The van der Waals surface area contributed by atoms with Crippen LogP contribution < -0.4 is 0 Å². The molecule has 0 saturated carbocycles. The maximum Gasteiger partial charge on any atom is 0.331 e. The summed E-state index contributed by atoms with van der Waals surface area (Å²) < 4.78 is 0. The van der Waals surface area contributed by atoms with Gasteiger partial charge in [0.25, 0.3) is 5.69 Å². The van der Waals surface area contributed by atoms with Gasteiger partial charge in [-0.3, -0.25) is 10.1 Å². The van der Waals surface area contributed by atoms with Crippen LogP contribution in [0.1, 0.15) is 19.4 Å². The normalized spacial score (nSPS) is 11.1. The molecule has 2 rings (SSSR count). The van der Waals surface area contributed by atoms with Gasteiger partial charge in [0.05, 0.1) is 10.6 Å². The third-order valence-corrected chi connectivity index (χ3v) is 3.88. The lowest BCUT2D eigenvalue weighted by Crippen LogP contribution is -1.99. The van der Waals surface area contributed by atoms with Crippen LogP contribution in [0.5, 0.6) is 0 Å². The van der Waals surface area contributed by atoms with Crippen LogP contribution in [0.2, 0.25) is 0 Å². The summed E-state index contributed by atoms with van der Waals surface area (Å²) in [5, 5.41) is 14.4. The SMILES string of the molecule is CC(=O)O/N=C(\C)c1ccc(Sc2ccc([N+](=O)[O-])cc2)cc1. The van der Waals surface area contributed by atoms with Crippen LogP contribution in [0.15, 0.2) is 63.5 Å². The molecule has 0 aliphatic heterocycles. The first kappa shape index (κ1) is 16.7. The molecule has 0 unspecified atom stereocenters. The molecule has 0 aliphatic carbocycles. The van der Waals surface area contributed by atoms with Gasteiger partial charge in [0.2, 0.25) is 0 Å². The second kappa shape index (κ2) is 7.55. The van der Waals surface area contributed by atoms with Gasteiger partial charge in [-0.1, -0.05) is 29.1 Å². The lowest BCUT2D eigenvalue weighted by Gasteiger charge is -2.04. The molecule has 6 nitrogen and oxygen atoms in total. The van der Waals surface area contributed by atoms with E-state index in [4.69, 9.17) is 0 Å². The summed E-state index contributed by atoms with van der Waals surface area (Å²) in [6, 6.07) is 13.9. The summed E-state index contributed by atoms with van der Waals surface area (Å²) in [6.07, 6.45) is 0. The third-order valence-electron chi connectivity index (χ3n) is 2.87. The van der Waals surface area contributed by atoms with Crippen molar-refractivity contribution < 1.29 is 14.6 Å². The Balaban J connectivity index is 2.06. The molecule has 0 bridgehead atoms. The van der Waals surface area contributed by atoms with Gasteiger partial charge in [-0.05, 0) is 36.8 Å². The van der Waals surface area contributed by atoms with Crippen molar-refractivity contribution in [2.24, 2.45) is 5.16 Å². The number of benzene rings is 2. The molecule has 0 saturated heterocycles. The van der Waals surface area contributed by atoms with Crippen molar-refractivity contribution in [3.8, 4) is 0 Å². The van der Waals surface area contributed by atoms with Gasteiger partial charge in [0, 0.05) is 28.8 Å². The summed E-state index contributed by atoms with van der Waals surface area (Å²) in [5.41, 5.74) is 1.52. The van der Waals surface area contributed by atoms with Crippen LogP contribution in [0.3, 0.4) is 0 Å². The minimum absolute atomic E-state index is 0.0713. The number of hydrogen-bond donors (Lipinski definition) is 0. The fraction of sp³-hybridized carbons (Fsp3) is 0.125. The predicted molar refractivity (Wildman–Crippen MR) is 87.6 cm³/mol. The van der Waals surface area contributed by atoms with E-state index in [2.05, 4.69) is 9.99 Å². The van der Waals surface area contributed by atoms with Crippen LogP contribution in [0.4, 0.5) is 5.69 Å². The van der Waals surface area contributed by atoms with Crippen LogP contribution in [0, 0.1) is 10.1 Å². The Kier molecular flexibility index (Phi) is 5.48. The number of carbonyl (C=O) groups excluding carboxylic acids is 1. The van der Waals surface area contributed by atoms with Crippen molar-refractivity contribution >= 4 is 29.1 Å². The second-order valence-corrected chi connectivity index (χ2v) is 5.78. The van der Waals surface area contributed by atoms with E-state index in [0.717, 1.165) is 15.4 Å². The Morgan fingerprint density at radius 2 is 1.57 bits per heavy atom. The molecule has 0 spiro atoms. The smallest absolute Gasteiger partial charge is 0.318 e. The van der Waals surface area contributed by atoms with Gasteiger partial charge < -0.3 is 4.84 Å². The summed E-state index contributed by atoms with van der Waals surface area (Å²) >= 11 is 1.50. The molecular weight excluding hydrogens is 316 g/mol. The van der Waals surface area contributed by atoms with Crippen molar-refractivity contribution in [2.45, 2.75) is 23.6 Å². The molecule has 7 heteroatoms. The maximum atomic E-state index is 10.7. The quantitative estimate of drug-likeness (QED) is 0.358. The van der Waals surface area contributed by atoms with Gasteiger partial charge >= 0.3 is 5.97 Å². The Hall–Kier alpha value is -2.67. The number of carbonyl (C=O) groups is 1. The van der Waals surface area contributed by atoms with Crippen molar-refractivity contribution in [3.05, 3.63) is 64.2 Å². The topological polar surface area (TPSA) is 81.8 Å². The van der Waals surface area contributed by atoms with E-state index < -0.39 is 10.9 Å². The number of nitrogens with zero attached hydrogens (tertiary/aromatic N) is 2. The summed E-state index contributed by atoms with van der Waals surface area (Å²) in [7, 11) is 0. The first-order valence-electron chi connectivity index (χ1n) is 6.70. The van der Waals surface area contributed by atoms with Crippen LogP contribution >= 0.6 is 11.8 Å². The highest BCUT2D eigenvalue weighted by atomic mass is 32.2. The minimum atomic E-state index is -0.463. The van der Waals surface area contributed by atoms with Gasteiger partial charge in [0.15, 0.2) is 0 Å². The highest BCUT2D eigenvalue weighted by molar-refractivity contribution is 7.99. The van der Waals surface area contributed by atoms with Gasteiger partial charge in [-0.15, -0.1) is 0 Å². The highest BCUT2D eigenvalue weighted by Crippen LogP contribution is 2.29. The van der Waals surface area contributed by atoms with Crippen LogP contribution in [0.25, 0.3) is 0 Å². The van der Waals surface area contributed by atoms with Crippen molar-refractivity contribution in [1.82, 2.24) is 0 Å². The van der Waals surface area contributed by atoms with E-state index in [9.17, 15) is 14.9 Å². The monoisotopic (exact) mass is 330 g/mol. The van der Waals surface area contributed by atoms with Gasteiger partial charge in [0.1, 0.15) is 0 Å². The third kappa shape index (κ3) is 4.93. The number of nitro groups is 1. The molecule has 0 heterocycles. The van der Waals surface area contributed by atoms with E-state index >= 15 is 0 Å². The molecule has 0 aromatic heterocycles. The molecule has 0 radical (unpaired) electrons. The standard InChI is InChI=1S/C16H14N2O4S/c1-11(17-22-12(2)19)13-3-7-15(8-4-13)23-16-9-5-14(6-10-16)18(20)21/h3-10H,1-2H3/b17-11+. The number of rotatable bonds is 5. The fourth-order valence-corrected chi connectivity index (χ4v) is 2.54. The van der Waals surface area contributed by atoms with Gasteiger partial charge in [-0.25, -0.2) is 4.79 Å². The average molecular weight is 330 g/mol. The maximum absolute atomic E-state index is 10.7. The molecular formula is C16H14N2O4S.